The van der Waals surface area contributed by atoms with Crippen molar-refractivity contribution in [3.8, 4) is 17.0 Å². The zero-order valence-corrected chi connectivity index (χ0v) is 24.1. The Morgan fingerprint density at radius 3 is 2.45 bits per heavy atom. The molecule has 2 amide bonds. The molecule has 3 aromatic rings. The number of fused-ring (bicyclic) bond motifs is 1. The molecule has 218 valence electrons. The average Bonchev–Trinajstić information content (AvgIpc) is 3.53. The number of carbonyl (C=O) groups is 4. The third-order valence-electron chi connectivity index (χ3n) is 7.39. The van der Waals surface area contributed by atoms with Gasteiger partial charge in [-0.1, -0.05) is 23.7 Å². The topological polar surface area (TPSA) is 156 Å². The highest BCUT2D eigenvalue weighted by Gasteiger charge is 2.69. The Morgan fingerprint density at radius 1 is 1.02 bits per heavy atom. The van der Waals surface area contributed by atoms with Gasteiger partial charge < -0.3 is 15.0 Å². The second kappa shape index (κ2) is 11.5. The van der Waals surface area contributed by atoms with Gasteiger partial charge in [0.1, 0.15) is 11.5 Å². The second-order valence-electron chi connectivity index (χ2n) is 9.95. The lowest BCUT2D eigenvalue weighted by Crippen LogP contribution is -2.67. The summed E-state index contributed by atoms with van der Waals surface area (Å²) in [6.07, 6.45) is 4.11. The number of hydrogen-bond acceptors (Lipinski definition) is 8. The Kier molecular flexibility index (Phi) is 8.02. The van der Waals surface area contributed by atoms with E-state index in [0.29, 0.717) is 47.8 Å². The number of benzene rings is 2. The number of carbonyl (C=O) groups excluding carboxylic acids is 4. The van der Waals surface area contributed by atoms with E-state index in [4.69, 9.17) is 16.3 Å². The summed E-state index contributed by atoms with van der Waals surface area (Å²) in [5.41, 5.74) is 2.12. The van der Waals surface area contributed by atoms with Crippen molar-refractivity contribution in [2.45, 2.75) is 35.4 Å². The van der Waals surface area contributed by atoms with Crippen LogP contribution >= 0.6 is 11.6 Å². The van der Waals surface area contributed by atoms with E-state index in [1.807, 2.05) is 0 Å². The molecule has 2 aromatic carbocycles. The number of amides is 2. The molecule has 2 N–H and O–H groups in total. The van der Waals surface area contributed by atoms with Gasteiger partial charge in [-0.2, -0.15) is 5.10 Å². The lowest BCUT2D eigenvalue weighted by atomic mass is 9.99. The van der Waals surface area contributed by atoms with Gasteiger partial charge in [-0.25, -0.2) is 8.42 Å². The van der Waals surface area contributed by atoms with E-state index < -0.39 is 20.5 Å². The van der Waals surface area contributed by atoms with Crippen LogP contribution < -0.4 is 10.1 Å². The highest BCUT2D eigenvalue weighted by atomic mass is 35.5. The van der Waals surface area contributed by atoms with Crippen LogP contribution in [0.3, 0.4) is 0 Å². The smallest absolute Gasteiger partial charge is 0.228 e. The largest absolute Gasteiger partial charge is 0.496 e. The highest BCUT2D eigenvalue weighted by molar-refractivity contribution is 7.93. The first-order valence-corrected chi connectivity index (χ1v) is 15.0. The van der Waals surface area contributed by atoms with Gasteiger partial charge in [0.05, 0.1) is 30.7 Å². The van der Waals surface area contributed by atoms with E-state index in [-0.39, 0.29) is 41.0 Å². The van der Waals surface area contributed by atoms with Crippen molar-refractivity contribution in [1.29, 1.82) is 0 Å². The maximum atomic E-state index is 13.6. The lowest BCUT2D eigenvalue weighted by molar-refractivity contribution is -0.150. The summed E-state index contributed by atoms with van der Waals surface area (Å²) >= 11 is 6.08. The molecule has 1 unspecified atom stereocenters. The number of nitrogens with zero attached hydrogens (tertiary/aromatic N) is 2. The molecule has 1 atom stereocenters. The van der Waals surface area contributed by atoms with Gasteiger partial charge >= 0.3 is 0 Å². The monoisotopic (exact) mass is 610 g/mol. The van der Waals surface area contributed by atoms with Crippen LogP contribution in [-0.4, -0.2) is 72.0 Å². The Bertz CT molecular complexity index is 1690. The summed E-state index contributed by atoms with van der Waals surface area (Å²) < 4.78 is 32.6. The number of ketones is 2. The van der Waals surface area contributed by atoms with Crippen LogP contribution in [-0.2, 0) is 29.0 Å². The van der Waals surface area contributed by atoms with E-state index in [0.717, 1.165) is 10.5 Å². The van der Waals surface area contributed by atoms with Crippen LogP contribution in [0.15, 0.2) is 65.2 Å². The first-order valence-electron chi connectivity index (χ1n) is 13.1. The molecule has 6 rings (SSSR count). The van der Waals surface area contributed by atoms with Gasteiger partial charge in [0.15, 0.2) is 0 Å². The minimum atomic E-state index is -4.19. The number of ether oxygens (including phenoxy) is 1. The maximum Gasteiger partial charge on any atom is 0.228 e. The number of H-pyrrole nitrogens is 1. The Hall–Kier alpha value is -4.29. The lowest BCUT2D eigenvalue weighted by Gasteiger charge is -2.44. The second-order valence-corrected chi connectivity index (χ2v) is 12.5. The summed E-state index contributed by atoms with van der Waals surface area (Å²) in [7, 11) is -2.70. The zero-order valence-electron chi connectivity index (χ0n) is 22.6. The molecule has 0 spiro atoms. The minimum Gasteiger partial charge on any atom is -0.496 e. The van der Waals surface area contributed by atoms with Gasteiger partial charge in [0.25, 0.3) is 0 Å². The van der Waals surface area contributed by atoms with Crippen molar-refractivity contribution in [1.82, 2.24) is 20.4 Å². The fourth-order valence-electron chi connectivity index (χ4n) is 5.13. The molecule has 0 bridgehead atoms. The molecule has 42 heavy (non-hydrogen) atoms. The van der Waals surface area contributed by atoms with Gasteiger partial charge in [-0.3, -0.25) is 24.3 Å². The SMILES string of the molecule is COc1ccc(Cl)cc1C=C1CN2C(=O)CC2(S(=O)(=O)c2ccc(-c3cc[nH]n3)cc2)C1=O.O=C1CCNC(=O)CC1. The molecule has 3 aliphatic heterocycles. The normalized spacial score (nSPS) is 21.2. The number of β-lactam (4-membered cyclic amide) rings is 1. The van der Waals surface area contributed by atoms with Crippen molar-refractivity contribution in [2.75, 3.05) is 20.2 Å². The van der Waals surface area contributed by atoms with Crippen LogP contribution in [0.4, 0.5) is 0 Å². The van der Waals surface area contributed by atoms with E-state index >= 15 is 0 Å². The number of nitrogens with one attached hydrogen (secondary N) is 2. The van der Waals surface area contributed by atoms with Crippen LogP contribution in [0, 0.1) is 0 Å². The molecule has 0 radical (unpaired) electrons. The van der Waals surface area contributed by atoms with Crippen molar-refractivity contribution in [3.63, 3.8) is 0 Å². The van der Waals surface area contributed by atoms with Crippen molar-refractivity contribution >= 4 is 50.9 Å². The first kappa shape index (κ1) is 29.2. The Morgan fingerprint density at radius 2 is 1.79 bits per heavy atom. The summed E-state index contributed by atoms with van der Waals surface area (Å²) in [5.74, 6) is -0.331. The number of aromatic amines is 1. The van der Waals surface area contributed by atoms with Gasteiger partial charge in [0.2, 0.25) is 32.3 Å². The van der Waals surface area contributed by atoms with Gasteiger partial charge in [0, 0.05) is 53.7 Å². The molecular formula is C29H27ClN4O7S. The highest BCUT2D eigenvalue weighted by Crippen LogP contribution is 2.48. The zero-order chi connectivity index (χ0) is 30.1. The van der Waals surface area contributed by atoms with Crippen LogP contribution in [0.2, 0.25) is 5.02 Å². The van der Waals surface area contributed by atoms with E-state index in [9.17, 15) is 27.6 Å². The summed E-state index contributed by atoms with van der Waals surface area (Å²) in [6.45, 7) is 0.426. The van der Waals surface area contributed by atoms with Gasteiger partial charge in [-0.15, -0.1) is 0 Å². The quantitative estimate of drug-likeness (QED) is 0.330. The fraction of sp³-hybridized carbons (Fsp3) is 0.276. The van der Waals surface area contributed by atoms with Crippen molar-refractivity contribution < 1.29 is 32.3 Å². The van der Waals surface area contributed by atoms with Crippen LogP contribution in [0.25, 0.3) is 17.3 Å². The van der Waals surface area contributed by atoms with E-state index in [2.05, 4.69) is 15.5 Å². The molecule has 13 heteroatoms. The molecule has 0 saturated carbocycles. The molecule has 11 nitrogen and oxygen atoms in total. The summed E-state index contributed by atoms with van der Waals surface area (Å²) in [4.78, 5) is 46.2. The Labute approximate surface area is 246 Å². The van der Waals surface area contributed by atoms with Crippen molar-refractivity contribution in [2.24, 2.45) is 0 Å². The molecule has 3 fully saturated rings. The van der Waals surface area contributed by atoms with Crippen molar-refractivity contribution in [3.05, 3.63) is 70.9 Å². The fourth-order valence-corrected chi connectivity index (χ4v) is 7.34. The predicted octanol–water partition coefficient (Wildman–Crippen LogP) is 2.96. The summed E-state index contributed by atoms with van der Waals surface area (Å²) in [5, 5.41) is 9.83. The number of Topliss-reactive ketones (excluding diaryl/α,β-unsaturated/α-hetero) is 2. The first-order chi connectivity index (χ1) is 20.1. The number of hydrogen-bond donors (Lipinski definition) is 2. The van der Waals surface area contributed by atoms with Crippen LogP contribution in [0.1, 0.15) is 31.2 Å². The average molecular weight is 611 g/mol. The number of sulfone groups is 1. The standard InChI is InChI=1S/C23H18ClN3O5S.C6H9NO2/c1-32-20-7-4-17(24)11-15(20)10-16-13-27-21(28)12-23(27,22(16)29)33(30,31)18-5-2-14(3-6-18)19-8-9-25-26-19;8-5-1-2-6(9)7-4-3-5/h2-11H,12-13H2,1H3,(H,25,26);1-4H2,(H,7,9). The third kappa shape index (κ3) is 5.23. The van der Waals surface area contributed by atoms with E-state index in [1.54, 1.807) is 42.6 Å². The maximum absolute atomic E-state index is 13.6. The molecule has 3 aliphatic rings. The van der Waals surface area contributed by atoms with E-state index in [1.165, 1.54) is 25.3 Å². The molecule has 4 heterocycles. The number of halogens is 1. The van der Waals surface area contributed by atoms with Crippen LogP contribution in [0.5, 0.6) is 5.75 Å². The van der Waals surface area contributed by atoms with Gasteiger partial charge in [-0.05, 0) is 42.5 Å². The third-order valence-corrected chi connectivity index (χ3v) is 9.95. The molecule has 1 aromatic heterocycles. The molecular weight excluding hydrogens is 584 g/mol. The number of aromatic nitrogens is 2. The summed E-state index contributed by atoms with van der Waals surface area (Å²) in [6, 6.07) is 12.8. The number of methoxy groups -OCH3 is 1. The minimum absolute atomic E-state index is 0.000787. The Balaban J connectivity index is 0.000000336. The number of rotatable bonds is 5. The molecule has 0 aliphatic carbocycles. The predicted molar refractivity (Wildman–Crippen MR) is 153 cm³/mol. The molecule has 3 saturated heterocycles.